The first kappa shape index (κ1) is 24.3. The topological polar surface area (TPSA) is 78.2 Å². The molecule has 13 heteroatoms. The normalized spacial score (nSPS) is 14.1. The Bertz CT molecular complexity index is 1320. The van der Waals surface area contributed by atoms with Gasteiger partial charge in [0, 0.05) is 5.56 Å². The van der Waals surface area contributed by atoms with Crippen LogP contribution >= 0.6 is 0 Å². The van der Waals surface area contributed by atoms with Crippen molar-refractivity contribution in [1.29, 1.82) is 5.26 Å². The van der Waals surface area contributed by atoms with Gasteiger partial charge < -0.3 is 10.1 Å². The molecule has 3 aromatic rings. The number of alkyl halides is 6. The lowest BCUT2D eigenvalue weighted by atomic mass is 10.1. The molecule has 0 saturated heterocycles. The van der Waals surface area contributed by atoms with Crippen LogP contribution in [0.15, 0.2) is 59.5 Å². The van der Waals surface area contributed by atoms with Crippen LogP contribution in [0.3, 0.4) is 0 Å². The molecule has 0 radical (unpaired) electrons. The number of fused-ring (bicyclic) bond motifs is 2. The maximum absolute atomic E-state index is 13.5. The predicted molar refractivity (Wildman–Crippen MR) is 114 cm³/mol. The second-order valence-electron chi connectivity index (χ2n) is 7.32. The fourth-order valence-electron chi connectivity index (χ4n) is 3.37. The summed E-state index contributed by atoms with van der Waals surface area (Å²) in [4.78, 5) is 3.80. The van der Waals surface area contributed by atoms with Gasteiger partial charge in [0.05, 0.1) is 35.3 Å². The highest BCUT2D eigenvalue weighted by molar-refractivity contribution is 7.86. The van der Waals surface area contributed by atoms with Crippen molar-refractivity contribution in [2.75, 3.05) is 9.62 Å². The molecule has 0 saturated carbocycles. The molecule has 35 heavy (non-hydrogen) atoms. The lowest BCUT2D eigenvalue weighted by molar-refractivity contribution is -0.274. The van der Waals surface area contributed by atoms with E-state index in [2.05, 4.69) is 15.0 Å². The highest BCUT2D eigenvalue weighted by Gasteiger charge is 2.34. The Morgan fingerprint density at radius 2 is 1.77 bits per heavy atom. The number of benzene rings is 2. The second-order valence-corrected chi connectivity index (χ2v) is 8.73. The standard InChI is InChI=1S/C22H14F6N4O2S/c23-21(24,25)19-8-2-14-12-32(35(33)16-5-3-15(4-6-16)34-22(26,27)28)18-11-13(9-10-29)1-7-17(18)30-20(14)31-19/h1-8,11H,9,12H2,(H,30,31). The summed E-state index contributed by atoms with van der Waals surface area (Å²) in [5.74, 6) is -0.579. The molecule has 182 valence electrons. The fraction of sp³-hybridized carbons (Fsp3) is 0.182. The van der Waals surface area contributed by atoms with Crippen LogP contribution in [0.25, 0.3) is 0 Å². The highest BCUT2D eigenvalue weighted by atomic mass is 32.2. The van der Waals surface area contributed by atoms with Crippen molar-refractivity contribution in [2.45, 2.75) is 30.4 Å². The van der Waals surface area contributed by atoms with Crippen LogP contribution in [-0.4, -0.2) is 15.6 Å². The minimum atomic E-state index is -4.89. The van der Waals surface area contributed by atoms with Crippen LogP contribution < -0.4 is 14.4 Å². The first-order chi connectivity index (χ1) is 16.4. The van der Waals surface area contributed by atoms with Crippen LogP contribution in [0, 0.1) is 11.3 Å². The van der Waals surface area contributed by atoms with Gasteiger partial charge in [-0.1, -0.05) is 12.1 Å². The molecule has 1 aliphatic rings. The zero-order valence-corrected chi connectivity index (χ0v) is 18.3. The predicted octanol–water partition coefficient (Wildman–Crippen LogP) is 5.85. The third-order valence-corrected chi connectivity index (χ3v) is 6.31. The molecule has 1 atom stereocenters. The molecule has 0 fully saturated rings. The van der Waals surface area contributed by atoms with Gasteiger partial charge in [-0.25, -0.2) is 9.19 Å². The van der Waals surface area contributed by atoms with E-state index in [4.69, 9.17) is 5.26 Å². The molecular weight excluding hydrogens is 498 g/mol. The van der Waals surface area contributed by atoms with E-state index in [0.29, 0.717) is 22.5 Å². The monoisotopic (exact) mass is 512 g/mol. The Labute approximate surface area is 197 Å². The number of nitrogens with zero attached hydrogens (tertiary/aromatic N) is 3. The molecule has 1 aromatic heterocycles. The summed E-state index contributed by atoms with van der Waals surface area (Å²) in [6, 6.07) is 13.1. The molecule has 6 nitrogen and oxygen atoms in total. The molecule has 1 unspecified atom stereocenters. The first-order valence-corrected chi connectivity index (χ1v) is 10.9. The molecule has 0 bridgehead atoms. The van der Waals surface area contributed by atoms with Crippen LogP contribution in [0.1, 0.15) is 16.8 Å². The van der Waals surface area contributed by atoms with Crippen LogP contribution in [0.4, 0.5) is 43.5 Å². The van der Waals surface area contributed by atoms with E-state index in [-0.39, 0.29) is 23.7 Å². The number of halogens is 6. The summed E-state index contributed by atoms with van der Waals surface area (Å²) >= 11 is 0. The SMILES string of the molecule is N#CCc1ccc2c(c1)N(S(=O)c1ccc(OC(F)(F)F)cc1)Cc1ccc(C(F)(F)F)nc1N2. The molecule has 1 aliphatic heterocycles. The van der Waals surface area contributed by atoms with Gasteiger partial charge in [-0.15, -0.1) is 13.2 Å². The molecule has 0 amide bonds. The Hall–Kier alpha value is -3.79. The summed E-state index contributed by atoms with van der Waals surface area (Å²) < 4.78 is 95.6. The molecule has 2 aromatic carbocycles. The zero-order chi connectivity index (χ0) is 25.4. The van der Waals surface area contributed by atoms with E-state index < -0.39 is 35.0 Å². The maximum Gasteiger partial charge on any atom is 0.573 e. The van der Waals surface area contributed by atoms with E-state index in [9.17, 15) is 30.6 Å². The number of ether oxygens (including phenoxy) is 1. The summed E-state index contributed by atoms with van der Waals surface area (Å²) in [5, 5.41) is 11.9. The number of pyridine rings is 1. The Balaban J connectivity index is 1.76. The van der Waals surface area contributed by atoms with Crippen molar-refractivity contribution in [3.05, 3.63) is 71.4 Å². The van der Waals surface area contributed by atoms with Crippen molar-refractivity contribution < 1.29 is 35.3 Å². The van der Waals surface area contributed by atoms with Gasteiger partial charge in [0.15, 0.2) is 11.0 Å². The molecule has 0 spiro atoms. The van der Waals surface area contributed by atoms with Crippen molar-refractivity contribution in [3.8, 4) is 11.8 Å². The van der Waals surface area contributed by atoms with Crippen molar-refractivity contribution in [1.82, 2.24) is 4.98 Å². The lowest BCUT2D eigenvalue weighted by Crippen LogP contribution is -2.25. The Morgan fingerprint density at radius 1 is 1.06 bits per heavy atom. The summed E-state index contributed by atoms with van der Waals surface area (Å²) in [7, 11) is -1.99. The average molecular weight is 512 g/mol. The summed E-state index contributed by atoms with van der Waals surface area (Å²) in [5.41, 5.74) is 0.377. The Kier molecular flexibility index (Phi) is 6.33. The number of aromatic nitrogens is 1. The zero-order valence-electron chi connectivity index (χ0n) is 17.4. The van der Waals surface area contributed by atoms with Crippen LogP contribution in [-0.2, 0) is 30.1 Å². The van der Waals surface area contributed by atoms with E-state index in [1.54, 1.807) is 12.1 Å². The van der Waals surface area contributed by atoms with Crippen molar-refractivity contribution >= 4 is 28.2 Å². The van der Waals surface area contributed by atoms with Gasteiger partial charge in [0.1, 0.15) is 17.3 Å². The minimum Gasteiger partial charge on any atom is -0.406 e. The van der Waals surface area contributed by atoms with Gasteiger partial charge in [-0.2, -0.15) is 18.4 Å². The fourth-order valence-corrected chi connectivity index (χ4v) is 4.58. The van der Waals surface area contributed by atoms with E-state index >= 15 is 0 Å². The number of hydrogen-bond acceptors (Lipinski definition) is 5. The molecular formula is C22H14F6N4O2S. The van der Waals surface area contributed by atoms with Gasteiger partial charge >= 0.3 is 12.5 Å². The average Bonchev–Trinajstić information content (AvgIpc) is 2.94. The quantitative estimate of drug-likeness (QED) is 0.444. The first-order valence-electron chi connectivity index (χ1n) is 9.84. The maximum atomic E-state index is 13.5. The number of rotatable bonds is 4. The van der Waals surface area contributed by atoms with Gasteiger partial charge in [-0.05, 0) is 48.0 Å². The van der Waals surface area contributed by atoms with E-state index in [1.165, 1.54) is 28.6 Å². The second kappa shape index (κ2) is 9.10. The van der Waals surface area contributed by atoms with Crippen LogP contribution in [0.2, 0.25) is 0 Å². The Morgan fingerprint density at radius 3 is 2.40 bits per heavy atom. The molecule has 2 heterocycles. The molecule has 0 aliphatic carbocycles. The van der Waals surface area contributed by atoms with E-state index in [1.807, 2.05) is 6.07 Å². The van der Waals surface area contributed by atoms with Crippen molar-refractivity contribution in [2.24, 2.45) is 0 Å². The van der Waals surface area contributed by atoms with Gasteiger partial charge in [0.25, 0.3) is 0 Å². The highest BCUT2D eigenvalue weighted by Crippen LogP contribution is 2.39. The number of hydrogen-bond donors (Lipinski definition) is 1. The molecule has 1 N–H and O–H groups in total. The number of nitriles is 1. The largest absolute Gasteiger partial charge is 0.573 e. The van der Waals surface area contributed by atoms with Gasteiger partial charge in [0.2, 0.25) is 0 Å². The third-order valence-electron chi connectivity index (χ3n) is 4.91. The van der Waals surface area contributed by atoms with Gasteiger partial charge in [-0.3, -0.25) is 4.31 Å². The lowest BCUT2D eigenvalue weighted by Gasteiger charge is -2.24. The third kappa shape index (κ3) is 5.48. The smallest absolute Gasteiger partial charge is 0.406 e. The molecule has 4 rings (SSSR count). The number of anilines is 3. The van der Waals surface area contributed by atoms with E-state index in [0.717, 1.165) is 18.2 Å². The minimum absolute atomic E-state index is 0.0284. The summed E-state index contributed by atoms with van der Waals surface area (Å²) in [6.07, 6.45) is -9.54. The summed E-state index contributed by atoms with van der Waals surface area (Å²) in [6.45, 7) is -0.135. The number of nitrogens with one attached hydrogen (secondary N) is 1. The van der Waals surface area contributed by atoms with Crippen LogP contribution in [0.5, 0.6) is 5.75 Å². The van der Waals surface area contributed by atoms with Crippen molar-refractivity contribution in [3.63, 3.8) is 0 Å².